The Morgan fingerprint density at radius 3 is 2.50 bits per heavy atom. The fourth-order valence-corrected chi connectivity index (χ4v) is 3.48. The highest BCUT2D eigenvalue weighted by atomic mass is 32.1. The predicted molar refractivity (Wildman–Crippen MR) is 91.0 cm³/mol. The summed E-state index contributed by atoms with van der Waals surface area (Å²) < 4.78 is 0. The summed E-state index contributed by atoms with van der Waals surface area (Å²) in [6, 6.07) is 15.3. The molecule has 3 aromatic rings. The maximum atomic E-state index is 3.49. The summed E-state index contributed by atoms with van der Waals surface area (Å²) in [4.78, 5) is 0. The van der Waals surface area contributed by atoms with Crippen molar-refractivity contribution in [1.29, 1.82) is 0 Å². The molecule has 3 rings (SSSR count). The normalized spacial score (nSPS) is 12.2. The van der Waals surface area contributed by atoms with Crippen LogP contribution in [-0.2, 0) is 0 Å². The first-order valence-corrected chi connectivity index (χ1v) is 8.55. The Balaban J connectivity index is 1.65. The molecule has 3 heteroatoms. The second-order valence-electron chi connectivity index (χ2n) is 4.89. The Morgan fingerprint density at radius 1 is 1.00 bits per heavy atom. The van der Waals surface area contributed by atoms with Gasteiger partial charge >= 0.3 is 0 Å². The third-order valence-corrected chi connectivity index (χ3v) is 4.95. The van der Waals surface area contributed by atoms with Gasteiger partial charge < -0.3 is 5.32 Å². The van der Waals surface area contributed by atoms with Gasteiger partial charge in [-0.25, -0.2) is 0 Å². The molecule has 2 aromatic heterocycles. The standard InChI is InChI=1S/C17H17NS2/c1-13(11-18-17-3-2-9-20-17)14-4-6-15(7-5-14)16-8-10-19-12-16/h2-10,12-13,18H,11H2,1H3. The summed E-state index contributed by atoms with van der Waals surface area (Å²) in [7, 11) is 0. The number of rotatable bonds is 5. The molecule has 1 atom stereocenters. The van der Waals surface area contributed by atoms with Gasteiger partial charge in [-0.1, -0.05) is 31.2 Å². The van der Waals surface area contributed by atoms with E-state index in [1.165, 1.54) is 21.7 Å². The Labute approximate surface area is 127 Å². The van der Waals surface area contributed by atoms with E-state index in [0.717, 1.165) is 6.54 Å². The van der Waals surface area contributed by atoms with Crippen molar-refractivity contribution in [3.63, 3.8) is 0 Å². The molecular formula is C17H17NS2. The molecule has 1 nitrogen and oxygen atoms in total. The number of hydrogen-bond acceptors (Lipinski definition) is 3. The molecule has 0 saturated carbocycles. The third kappa shape index (κ3) is 3.11. The average molecular weight is 299 g/mol. The third-order valence-electron chi connectivity index (χ3n) is 3.44. The molecule has 0 fully saturated rings. The van der Waals surface area contributed by atoms with Crippen LogP contribution in [0, 0.1) is 0 Å². The Bertz CT molecular complexity index is 624. The van der Waals surface area contributed by atoms with Crippen molar-refractivity contribution in [3.05, 3.63) is 64.2 Å². The van der Waals surface area contributed by atoms with E-state index >= 15 is 0 Å². The molecule has 0 saturated heterocycles. The smallest absolute Gasteiger partial charge is 0.0882 e. The van der Waals surface area contributed by atoms with Crippen LogP contribution in [0.2, 0.25) is 0 Å². The molecule has 1 unspecified atom stereocenters. The van der Waals surface area contributed by atoms with Crippen molar-refractivity contribution in [1.82, 2.24) is 0 Å². The van der Waals surface area contributed by atoms with Crippen LogP contribution >= 0.6 is 22.7 Å². The molecule has 0 aliphatic carbocycles. The van der Waals surface area contributed by atoms with Crippen LogP contribution in [0.15, 0.2) is 58.6 Å². The van der Waals surface area contributed by atoms with Gasteiger partial charge in [-0.05, 0) is 56.9 Å². The highest BCUT2D eigenvalue weighted by Crippen LogP contribution is 2.25. The van der Waals surface area contributed by atoms with Gasteiger partial charge in [0.15, 0.2) is 0 Å². The zero-order chi connectivity index (χ0) is 13.8. The van der Waals surface area contributed by atoms with E-state index in [2.05, 4.69) is 70.8 Å². The molecule has 0 radical (unpaired) electrons. The summed E-state index contributed by atoms with van der Waals surface area (Å²) in [5.41, 5.74) is 3.99. The molecule has 102 valence electrons. The van der Waals surface area contributed by atoms with Crippen molar-refractivity contribution in [2.75, 3.05) is 11.9 Å². The molecule has 2 heterocycles. The van der Waals surface area contributed by atoms with Crippen molar-refractivity contribution in [3.8, 4) is 11.1 Å². The van der Waals surface area contributed by atoms with Crippen LogP contribution in [0.3, 0.4) is 0 Å². The molecule has 1 N–H and O–H groups in total. The SMILES string of the molecule is CC(CNc1cccs1)c1ccc(-c2ccsc2)cc1. The van der Waals surface area contributed by atoms with Gasteiger partial charge in [-0.3, -0.25) is 0 Å². The second kappa shape index (κ2) is 6.25. The van der Waals surface area contributed by atoms with E-state index in [1.807, 2.05) is 0 Å². The summed E-state index contributed by atoms with van der Waals surface area (Å²) in [5.74, 6) is 0.508. The van der Waals surface area contributed by atoms with Gasteiger partial charge in [0.05, 0.1) is 5.00 Å². The lowest BCUT2D eigenvalue weighted by molar-refractivity contribution is 0.807. The molecule has 0 aliphatic heterocycles. The fraction of sp³-hybridized carbons (Fsp3) is 0.176. The first-order chi connectivity index (χ1) is 9.83. The molecule has 1 aromatic carbocycles. The Morgan fingerprint density at radius 2 is 1.85 bits per heavy atom. The van der Waals surface area contributed by atoms with Crippen molar-refractivity contribution >= 4 is 27.7 Å². The lowest BCUT2D eigenvalue weighted by Gasteiger charge is -2.13. The summed E-state index contributed by atoms with van der Waals surface area (Å²) in [5, 5.41) is 11.1. The maximum absolute atomic E-state index is 3.49. The summed E-state index contributed by atoms with van der Waals surface area (Å²) >= 11 is 3.49. The van der Waals surface area contributed by atoms with Crippen LogP contribution in [0.5, 0.6) is 0 Å². The van der Waals surface area contributed by atoms with E-state index in [0.29, 0.717) is 5.92 Å². The van der Waals surface area contributed by atoms with Crippen LogP contribution in [0.1, 0.15) is 18.4 Å². The first-order valence-electron chi connectivity index (χ1n) is 6.73. The van der Waals surface area contributed by atoms with E-state index < -0.39 is 0 Å². The first kappa shape index (κ1) is 13.4. The van der Waals surface area contributed by atoms with E-state index in [9.17, 15) is 0 Å². The van der Waals surface area contributed by atoms with Gasteiger partial charge in [-0.15, -0.1) is 11.3 Å². The van der Waals surface area contributed by atoms with E-state index in [4.69, 9.17) is 0 Å². The van der Waals surface area contributed by atoms with Gasteiger partial charge in [0.1, 0.15) is 0 Å². The second-order valence-corrected chi connectivity index (χ2v) is 6.62. The average Bonchev–Trinajstić information content (AvgIpc) is 3.18. The Kier molecular flexibility index (Phi) is 4.19. The van der Waals surface area contributed by atoms with Crippen LogP contribution in [0.25, 0.3) is 11.1 Å². The Hall–Kier alpha value is -1.58. The highest BCUT2D eigenvalue weighted by Gasteiger charge is 2.06. The molecule has 0 bridgehead atoms. The maximum Gasteiger partial charge on any atom is 0.0882 e. The van der Waals surface area contributed by atoms with Crippen molar-refractivity contribution in [2.45, 2.75) is 12.8 Å². The number of thiophene rings is 2. The largest absolute Gasteiger partial charge is 0.376 e. The topological polar surface area (TPSA) is 12.0 Å². The van der Waals surface area contributed by atoms with Crippen LogP contribution in [-0.4, -0.2) is 6.54 Å². The predicted octanol–water partition coefficient (Wildman–Crippen LogP) is 5.69. The number of anilines is 1. The van der Waals surface area contributed by atoms with Gasteiger partial charge in [0.2, 0.25) is 0 Å². The van der Waals surface area contributed by atoms with Gasteiger partial charge in [0.25, 0.3) is 0 Å². The molecule has 0 aliphatic rings. The summed E-state index contributed by atoms with van der Waals surface area (Å²) in [6.07, 6.45) is 0. The molecule has 0 amide bonds. The van der Waals surface area contributed by atoms with E-state index in [1.54, 1.807) is 22.7 Å². The number of nitrogens with one attached hydrogen (secondary N) is 1. The zero-order valence-corrected chi connectivity index (χ0v) is 13.0. The molecule has 0 spiro atoms. The fourth-order valence-electron chi connectivity index (χ4n) is 2.18. The number of hydrogen-bond donors (Lipinski definition) is 1. The molecule has 20 heavy (non-hydrogen) atoms. The van der Waals surface area contributed by atoms with E-state index in [-0.39, 0.29) is 0 Å². The van der Waals surface area contributed by atoms with Gasteiger partial charge in [-0.2, -0.15) is 11.3 Å². The minimum atomic E-state index is 0.508. The van der Waals surface area contributed by atoms with Crippen molar-refractivity contribution in [2.24, 2.45) is 0 Å². The van der Waals surface area contributed by atoms with Crippen LogP contribution in [0.4, 0.5) is 5.00 Å². The number of benzene rings is 1. The lowest BCUT2D eigenvalue weighted by Crippen LogP contribution is -2.08. The zero-order valence-electron chi connectivity index (χ0n) is 11.4. The van der Waals surface area contributed by atoms with Gasteiger partial charge in [0, 0.05) is 6.54 Å². The monoisotopic (exact) mass is 299 g/mol. The minimum Gasteiger partial charge on any atom is -0.376 e. The lowest BCUT2D eigenvalue weighted by atomic mass is 9.98. The van der Waals surface area contributed by atoms with Crippen LogP contribution < -0.4 is 5.32 Å². The highest BCUT2D eigenvalue weighted by molar-refractivity contribution is 7.14. The minimum absolute atomic E-state index is 0.508. The summed E-state index contributed by atoms with van der Waals surface area (Å²) in [6.45, 7) is 3.23. The van der Waals surface area contributed by atoms with Crippen molar-refractivity contribution < 1.29 is 0 Å². The quantitative estimate of drug-likeness (QED) is 0.638. The molecular weight excluding hydrogens is 282 g/mol.